The van der Waals surface area contributed by atoms with Crippen LogP contribution in [0.2, 0.25) is 0 Å². The maximum atomic E-state index is 12.4. The molecule has 0 saturated heterocycles. The van der Waals surface area contributed by atoms with Crippen LogP contribution in [-0.2, 0) is 0 Å². The summed E-state index contributed by atoms with van der Waals surface area (Å²) in [5.41, 5.74) is 4.91. The SMILES string of the molecule is CCOc1ccccc1-c1cc(C(=O)N/N=C(\C)c2cccc([N+](=O)[O-])c2)[nH]n1. The summed E-state index contributed by atoms with van der Waals surface area (Å²) >= 11 is 0. The second-order valence-electron chi connectivity index (χ2n) is 6.04. The quantitative estimate of drug-likeness (QED) is 0.361. The largest absolute Gasteiger partial charge is 0.493 e. The van der Waals surface area contributed by atoms with E-state index in [2.05, 4.69) is 20.7 Å². The van der Waals surface area contributed by atoms with Crippen LogP contribution >= 0.6 is 0 Å². The number of aromatic nitrogens is 2. The fraction of sp³-hybridized carbons (Fsp3) is 0.150. The molecule has 1 heterocycles. The number of carbonyl (C=O) groups excluding carboxylic acids is 1. The number of hydrogen-bond donors (Lipinski definition) is 2. The summed E-state index contributed by atoms with van der Waals surface area (Å²) in [6.45, 7) is 4.05. The number of amides is 1. The molecule has 148 valence electrons. The number of carbonyl (C=O) groups is 1. The van der Waals surface area contributed by atoms with Crippen LogP contribution in [0.25, 0.3) is 11.3 Å². The molecule has 2 N–H and O–H groups in total. The molecule has 0 aliphatic heterocycles. The summed E-state index contributed by atoms with van der Waals surface area (Å²) in [4.78, 5) is 22.8. The lowest BCUT2D eigenvalue weighted by Crippen LogP contribution is -2.19. The van der Waals surface area contributed by atoms with Gasteiger partial charge in [0.2, 0.25) is 0 Å². The average molecular weight is 393 g/mol. The summed E-state index contributed by atoms with van der Waals surface area (Å²) in [5, 5.41) is 21.8. The van der Waals surface area contributed by atoms with Crippen LogP contribution in [0, 0.1) is 10.1 Å². The molecule has 0 atom stereocenters. The molecule has 1 aromatic heterocycles. The van der Waals surface area contributed by atoms with Crippen LogP contribution in [0.1, 0.15) is 29.9 Å². The van der Waals surface area contributed by atoms with E-state index in [1.54, 1.807) is 25.1 Å². The molecule has 29 heavy (non-hydrogen) atoms. The number of rotatable bonds is 7. The van der Waals surface area contributed by atoms with Gasteiger partial charge in [-0.1, -0.05) is 24.3 Å². The first kappa shape index (κ1) is 19.7. The Hall–Kier alpha value is -4.01. The molecule has 9 nitrogen and oxygen atoms in total. The van der Waals surface area contributed by atoms with Crippen molar-refractivity contribution in [1.82, 2.24) is 15.6 Å². The zero-order chi connectivity index (χ0) is 20.8. The molecule has 2 aromatic carbocycles. The van der Waals surface area contributed by atoms with Gasteiger partial charge in [-0.2, -0.15) is 10.2 Å². The van der Waals surface area contributed by atoms with Crippen molar-refractivity contribution in [3.8, 4) is 17.0 Å². The second kappa shape index (κ2) is 8.79. The van der Waals surface area contributed by atoms with Gasteiger partial charge in [0.05, 0.1) is 22.9 Å². The monoisotopic (exact) mass is 393 g/mol. The summed E-state index contributed by atoms with van der Waals surface area (Å²) in [7, 11) is 0. The van der Waals surface area contributed by atoms with E-state index in [4.69, 9.17) is 4.74 Å². The highest BCUT2D eigenvalue weighted by Crippen LogP contribution is 2.28. The summed E-state index contributed by atoms with van der Waals surface area (Å²) in [5.74, 6) is 0.190. The maximum absolute atomic E-state index is 12.4. The van der Waals surface area contributed by atoms with Gasteiger partial charge in [-0.05, 0) is 32.0 Å². The molecule has 0 radical (unpaired) electrons. The molecular weight excluding hydrogens is 374 g/mol. The number of nitro benzene ring substituents is 1. The van der Waals surface area contributed by atoms with Gasteiger partial charge in [0, 0.05) is 23.3 Å². The number of nitro groups is 1. The number of hydrogen-bond acceptors (Lipinski definition) is 6. The lowest BCUT2D eigenvalue weighted by atomic mass is 10.1. The number of non-ortho nitro benzene ring substituents is 1. The van der Waals surface area contributed by atoms with Crippen molar-refractivity contribution >= 4 is 17.3 Å². The molecule has 1 amide bonds. The molecule has 3 rings (SSSR count). The van der Waals surface area contributed by atoms with E-state index in [0.717, 1.165) is 5.56 Å². The number of para-hydroxylation sites is 1. The molecule has 3 aromatic rings. The van der Waals surface area contributed by atoms with Crippen molar-refractivity contribution in [3.63, 3.8) is 0 Å². The Morgan fingerprint density at radius 3 is 2.79 bits per heavy atom. The first-order valence-electron chi connectivity index (χ1n) is 8.86. The van der Waals surface area contributed by atoms with Crippen molar-refractivity contribution in [2.75, 3.05) is 6.61 Å². The molecule has 0 unspecified atom stereocenters. The van der Waals surface area contributed by atoms with Gasteiger partial charge in [0.15, 0.2) is 0 Å². The van der Waals surface area contributed by atoms with Crippen LogP contribution in [-0.4, -0.2) is 33.3 Å². The lowest BCUT2D eigenvalue weighted by molar-refractivity contribution is -0.384. The number of aromatic amines is 1. The molecular formula is C20H19N5O4. The van der Waals surface area contributed by atoms with Crippen molar-refractivity contribution in [3.05, 3.63) is 76.0 Å². The fourth-order valence-corrected chi connectivity index (χ4v) is 2.64. The number of H-pyrrole nitrogens is 1. The minimum atomic E-state index is -0.485. The second-order valence-corrected chi connectivity index (χ2v) is 6.04. The Bertz CT molecular complexity index is 1070. The highest BCUT2D eigenvalue weighted by molar-refractivity contribution is 6.01. The van der Waals surface area contributed by atoms with Crippen LogP contribution in [0.15, 0.2) is 59.7 Å². The van der Waals surface area contributed by atoms with Gasteiger partial charge in [0.1, 0.15) is 11.4 Å². The van der Waals surface area contributed by atoms with E-state index in [1.165, 1.54) is 12.1 Å². The third-order valence-corrected chi connectivity index (χ3v) is 4.09. The van der Waals surface area contributed by atoms with Gasteiger partial charge in [0.25, 0.3) is 11.6 Å². The van der Waals surface area contributed by atoms with Crippen molar-refractivity contribution in [2.24, 2.45) is 5.10 Å². The van der Waals surface area contributed by atoms with Crippen LogP contribution in [0.3, 0.4) is 0 Å². The van der Waals surface area contributed by atoms with Gasteiger partial charge < -0.3 is 4.74 Å². The minimum absolute atomic E-state index is 0.0467. The molecule has 9 heteroatoms. The predicted octanol–water partition coefficient (Wildman–Crippen LogP) is 3.54. The number of nitrogens with zero attached hydrogens (tertiary/aromatic N) is 3. The Labute approximate surface area is 166 Å². The molecule has 0 aliphatic carbocycles. The molecule has 0 fully saturated rings. The summed E-state index contributed by atoms with van der Waals surface area (Å²) in [6.07, 6.45) is 0. The molecule has 0 aliphatic rings. The summed E-state index contributed by atoms with van der Waals surface area (Å²) < 4.78 is 5.59. The van der Waals surface area contributed by atoms with E-state index in [9.17, 15) is 14.9 Å². The smallest absolute Gasteiger partial charge is 0.289 e. The minimum Gasteiger partial charge on any atom is -0.493 e. The maximum Gasteiger partial charge on any atom is 0.289 e. The fourth-order valence-electron chi connectivity index (χ4n) is 2.64. The zero-order valence-electron chi connectivity index (χ0n) is 15.9. The van der Waals surface area contributed by atoms with Gasteiger partial charge in [-0.15, -0.1) is 0 Å². The lowest BCUT2D eigenvalue weighted by Gasteiger charge is -2.07. The normalized spacial score (nSPS) is 11.2. The zero-order valence-corrected chi connectivity index (χ0v) is 15.9. The highest BCUT2D eigenvalue weighted by Gasteiger charge is 2.14. The van der Waals surface area contributed by atoms with Crippen molar-refractivity contribution in [2.45, 2.75) is 13.8 Å². The standard InChI is InChI=1S/C20H19N5O4/c1-3-29-19-10-5-4-9-16(19)17-12-18(23-22-17)20(26)24-21-13(2)14-7-6-8-15(11-14)25(27)28/h4-12H,3H2,1-2H3,(H,22,23)(H,24,26)/b21-13+. The Kier molecular flexibility index (Phi) is 5.98. The van der Waals surface area contributed by atoms with Gasteiger partial charge >= 0.3 is 0 Å². The third kappa shape index (κ3) is 4.64. The molecule has 0 spiro atoms. The average Bonchev–Trinajstić information content (AvgIpc) is 3.22. The number of benzene rings is 2. The number of hydrazone groups is 1. The first-order chi connectivity index (χ1) is 14.0. The van der Waals surface area contributed by atoms with E-state index < -0.39 is 10.8 Å². The Morgan fingerprint density at radius 1 is 1.24 bits per heavy atom. The van der Waals surface area contributed by atoms with Crippen molar-refractivity contribution in [1.29, 1.82) is 0 Å². The predicted molar refractivity (Wildman–Crippen MR) is 108 cm³/mol. The molecule has 0 bridgehead atoms. The first-order valence-corrected chi connectivity index (χ1v) is 8.86. The van der Waals surface area contributed by atoms with E-state index in [0.29, 0.717) is 29.3 Å². The topological polar surface area (TPSA) is 123 Å². The molecule has 0 saturated carbocycles. The Balaban J connectivity index is 1.75. The highest BCUT2D eigenvalue weighted by atomic mass is 16.6. The summed E-state index contributed by atoms with van der Waals surface area (Å²) in [6, 6.07) is 15.0. The van der Waals surface area contributed by atoms with Crippen molar-refractivity contribution < 1.29 is 14.5 Å². The number of nitrogens with one attached hydrogen (secondary N) is 2. The van der Waals surface area contributed by atoms with Crippen LogP contribution < -0.4 is 10.2 Å². The van der Waals surface area contributed by atoms with E-state index >= 15 is 0 Å². The van der Waals surface area contributed by atoms with Crippen LogP contribution in [0.5, 0.6) is 5.75 Å². The van der Waals surface area contributed by atoms with Gasteiger partial charge in [-0.3, -0.25) is 20.0 Å². The van der Waals surface area contributed by atoms with Crippen LogP contribution in [0.4, 0.5) is 5.69 Å². The van der Waals surface area contributed by atoms with Gasteiger partial charge in [-0.25, -0.2) is 5.43 Å². The Morgan fingerprint density at radius 2 is 2.03 bits per heavy atom. The third-order valence-electron chi connectivity index (χ3n) is 4.09. The number of ether oxygens (including phenoxy) is 1. The van der Waals surface area contributed by atoms with E-state index in [-0.39, 0.29) is 11.4 Å². The van der Waals surface area contributed by atoms with E-state index in [1.807, 2.05) is 31.2 Å².